The maximum atomic E-state index is 6.29. The van der Waals surface area contributed by atoms with Gasteiger partial charge in [-0.15, -0.1) is 0 Å². The molecule has 2 aromatic carbocycles. The largest absolute Gasteiger partial charge is 0.497 e. The molecule has 4 aromatic rings. The Kier molecular flexibility index (Phi) is 4.83. The number of halogens is 2. The van der Waals surface area contributed by atoms with Crippen molar-refractivity contribution in [2.24, 2.45) is 4.99 Å². The second-order valence-corrected chi connectivity index (χ2v) is 6.62. The molecule has 8 heteroatoms. The molecule has 0 aliphatic rings. The van der Waals surface area contributed by atoms with Crippen molar-refractivity contribution in [2.45, 2.75) is 6.54 Å². The fourth-order valence-electron chi connectivity index (χ4n) is 2.75. The van der Waals surface area contributed by atoms with Crippen LogP contribution in [0.2, 0.25) is 10.0 Å². The van der Waals surface area contributed by atoms with Crippen molar-refractivity contribution >= 4 is 40.1 Å². The highest BCUT2D eigenvalue weighted by atomic mass is 35.5. The van der Waals surface area contributed by atoms with Crippen molar-refractivity contribution in [2.75, 3.05) is 7.11 Å². The second kappa shape index (κ2) is 7.42. The molecular formula is C19H15Cl2N5O. The van der Waals surface area contributed by atoms with E-state index in [0.29, 0.717) is 27.7 Å². The Morgan fingerprint density at radius 3 is 2.52 bits per heavy atom. The summed E-state index contributed by atoms with van der Waals surface area (Å²) in [4.78, 5) is 16.6. The Balaban J connectivity index is 1.77. The quantitative estimate of drug-likeness (QED) is 0.554. The normalized spacial score (nSPS) is 11.9. The van der Waals surface area contributed by atoms with Gasteiger partial charge in [-0.25, -0.2) is 15.0 Å². The second-order valence-electron chi connectivity index (χ2n) is 5.81. The van der Waals surface area contributed by atoms with E-state index in [9.17, 15) is 0 Å². The first-order chi connectivity index (χ1) is 13.2. The summed E-state index contributed by atoms with van der Waals surface area (Å²) in [7, 11) is 1.63. The van der Waals surface area contributed by atoms with Crippen LogP contribution >= 0.6 is 23.2 Å². The Hall–Kier alpha value is -2.83. The van der Waals surface area contributed by atoms with E-state index in [1.54, 1.807) is 19.8 Å². The molecule has 0 atom stereocenters. The van der Waals surface area contributed by atoms with Crippen molar-refractivity contribution in [3.8, 4) is 5.75 Å². The maximum Gasteiger partial charge on any atom is 0.181 e. The van der Waals surface area contributed by atoms with E-state index in [0.717, 1.165) is 22.5 Å². The molecule has 0 bridgehead atoms. The summed E-state index contributed by atoms with van der Waals surface area (Å²) < 4.78 is 7.05. The predicted molar refractivity (Wildman–Crippen MR) is 106 cm³/mol. The first kappa shape index (κ1) is 17.6. The number of hydrogen-bond donors (Lipinski definition) is 1. The number of rotatable bonds is 4. The Morgan fingerprint density at radius 1 is 1.07 bits per heavy atom. The fourth-order valence-corrected chi connectivity index (χ4v) is 3.26. The summed E-state index contributed by atoms with van der Waals surface area (Å²) in [6.07, 6.45) is 3.30. The predicted octanol–water partition coefficient (Wildman–Crippen LogP) is 4.36. The van der Waals surface area contributed by atoms with Gasteiger partial charge in [0, 0.05) is 15.6 Å². The number of fused-ring (bicyclic) bond motifs is 1. The van der Waals surface area contributed by atoms with Gasteiger partial charge in [-0.3, -0.25) is 0 Å². The number of H-pyrrole nitrogens is 1. The third kappa shape index (κ3) is 3.54. The van der Waals surface area contributed by atoms with Crippen molar-refractivity contribution in [1.29, 1.82) is 0 Å². The maximum absolute atomic E-state index is 6.29. The van der Waals surface area contributed by atoms with Gasteiger partial charge in [0.1, 0.15) is 11.3 Å². The summed E-state index contributed by atoms with van der Waals surface area (Å²) in [6.45, 7) is 0.454. The van der Waals surface area contributed by atoms with Gasteiger partial charge in [0.2, 0.25) is 0 Å². The van der Waals surface area contributed by atoms with Crippen molar-refractivity contribution in [1.82, 2.24) is 19.5 Å². The first-order valence-corrected chi connectivity index (χ1v) is 8.91. The van der Waals surface area contributed by atoms with Crippen LogP contribution in [0.3, 0.4) is 0 Å². The minimum Gasteiger partial charge on any atom is -0.497 e. The molecule has 0 saturated carbocycles. The molecule has 2 aromatic heterocycles. The molecule has 0 aliphatic heterocycles. The molecule has 136 valence electrons. The molecule has 0 spiro atoms. The van der Waals surface area contributed by atoms with Crippen LogP contribution in [0.25, 0.3) is 11.2 Å². The van der Waals surface area contributed by atoms with Crippen LogP contribution in [-0.4, -0.2) is 26.6 Å². The number of ether oxygens (including phenoxy) is 1. The topological polar surface area (TPSA) is 68.1 Å². The summed E-state index contributed by atoms with van der Waals surface area (Å²) in [5, 5.41) is 1.20. The molecule has 0 radical (unpaired) electrons. The van der Waals surface area contributed by atoms with Gasteiger partial charge in [0.25, 0.3) is 0 Å². The Bertz CT molecular complexity index is 1140. The Morgan fingerprint density at radius 2 is 1.81 bits per heavy atom. The molecule has 0 saturated heterocycles. The van der Waals surface area contributed by atoms with Gasteiger partial charge in [-0.2, -0.15) is 0 Å². The molecule has 6 nitrogen and oxygen atoms in total. The lowest BCUT2D eigenvalue weighted by atomic mass is 10.2. The average Bonchev–Trinajstić information content (AvgIpc) is 3.17. The smallest absolute Gasteiger partial charge is 0.181 e. The van der Waals surface area contributed by atoms with Gasteiger partial charge in [0.05, 0.1) is 32.0 Å². The van der Waals surface area contributed by atoms with Gasteiger partial charge in [-0.1, -0.05) is 29.3 Å². The van der Waals surface area contributed by atoms with Crippen molar-refractivity contribution in [3.05, 3.63) is 76.2 Å². The highest BCUT2D eigenvalue weighted by Crippen LogP contribution is 2.25. The van der Waals surface area contributed by atoms with Crippen molar-refractivity contribution < 1.29 is 4.74 Å². The van der Waals surface area contributed by atoms with E-state index >= 15 is 0 Å². The van der Waals surface area contributed by atoms with Crippen LogP contribution in [-0.2, 0) is 6.54 Å². The minimum absolute atomic E-state index is 0.454. The highest BCUT2D eigenvalue weighted by molar-refractivity contribution is 6.36. The number of hydrogen-bond acceptors (Lipinski definition) is 4. The minimum atomic E-state index is 0.454. The molecular weight excluding hydrogens is 385 g/mol. The SMILES string of the molecule is COc1ccc(N=c2ncn(Cc3c(Cl)cccc3Cl)c3nc[nH]c23)cc1. The lowest BCUT2D eigenvalue weighted by Crippen LogP contribution is -2.14. The van der Waals surface area contributed by atoms with Gasteiger partial charge < -0.3 is 14.3 Å². The molecule has 0 fully saturated rings. The number of methoxy groups -OCH3 is 1. The molecule has 27 heavy (non-hydrogen) atoms. The first-order valence-electron chi connectivity index (χ1n) is 8.16. The molecule has 4 rings (SSSR count). The lowest BCUT2D eigenvalue weighted by molar-refractivity contribution is 0.415. The number of aromatic nitrogens is 4. The van der Waals surface area contributed by atoms with E-state index < -0.39 is 0 Å². The standard InChI is InChI=1S/C19H15Cl2N5O/c1-27-13-7-5-12(6-8-13)25-18-17-19(23-10-22-17)26(11-24-18)9-14-15(20)3-2-4-16(14)21/h2-8,10-11H,9H2,1H3,(H,22,23). The van der Waals surface area contributed by atoms with Crippen molar-refractivity contribution in [3.63, 3.8) is 0 Å². The zero-order valence-electron chi connectivity index (χ0n) is 14.4. The highest BCUT2D eigenvalue weighted by Gasteiger charge is 2.10. The van der Waals surface area contributed by atoms with Crippen LogP contribution in [0, 0.1) is 0 Å². The summed E-state index contributed by atoms with van der Waals surface area (Å²) >= 11 is 12.6. The van der Waals surface area contributed by atoms with E-state index in [-0.39, 0.29) is 0 Å². The van der Waals surface area contributed by atoms with E-state index in [1.165, 1.54) is 0 Å². The number of aromatic amines is 1. The van der Waals surface area contributed by atoms with E-state index in [2.05, 4.69) is 19.9 Å². The molecule has 0 amide bonds. The van der Waals surface area contributed by atoms with Gasteiger partial charge in [0.15, 0.2) is 11.1 Å². The third-order valence-electron chi connectivity index (χ3n) is 4.13. The molecule has 1 N–H and O–H groups in total. The van der Waals surface area contributed by atoms with Gasteiger partial charge >= 0.3 is 0 Å². The number of nitrogens with one attached hydrogen (secondary N) is 1. The summed E-state index contributed by atoms with van der Waals surface area (Å²) in [5.41, 5.74) is 3.58. The van der Waals surface area contributed by atoms with E-state index in [4.69, 9.17) is 27.9 Å². The zero-order chi connectivity index (χ0) is 18.8. The number of nitrogens with zero attached hydrogens (tertiary/aromatic N) is 4. The summed E-state index contributed by atoms with van der Waals surface area (Å²) in [6, 6.07) is 12.9. The molecule has 0 aliphatic carbocycles. The Labute approximate surface area is 165 Å². The number of benzene rings is 2. The fraction of sp³-hybridized carbons (Fsp3) is 0.105. The summed E-state index contributed by atoms with van der Waals surface area (Å²) in [5.74, 6) is 0.774. The molecule has 0 unspecified atom stereocenters. The number of imidazole rings is 1. The zero-order valence-corrected chi connectivity index (χ0v) is 15.9. The van der Waals surface area contributed by atoms with Crippen LogP contribution in [0.5, 0.6) is 5.75 Å². The van der Waals surface area contributed by atoms with E-state index in [1.807, 2.05) is 47.0 Å². The van der Waals surface area contributed by atoms with Crippen LogP contribution in [0.4, 0.5) is 5.69 Å². The monoisotopic (exact) mass is 399 g/mol. The average molecular weight is 400 g/mol. The van der Waals surface area contributed by atoms with Crippen LogP contribution < -0.4 is 10.2 Å². The van der Waals surface area contributed by atoms with Crippen LogP contribution in [0.1, 0.15) is 5.56 Å². The lowest BCUT2D eigenvalue weighted by Gasteiger charge is -2.10. The third-order valence-corrected chi connectivity index (χ3v) is 4.84. The van der Waals surface area contributed by atoms with Gasteiger partial charge in [-0.05, 0) is 36.4 Å². The van der Waals surface area contributed by atoms with Crippen LogP contribution in [0.15, 0.2) is 60.1 Å². The molecule has 2 heterocycles.